The monoisotopic (exact) mass is 278 g/mol. The Morgan fingerprint density at radius 2 is 1.67 bits per heavy atom. The number of hydrogen-bond acceptors (Lipinski definition) is 1. The molecule has 1 nitrogen and oxygen atoms in total. The number of aliphatic hydroxyl groups is 1. The van der Waals surface area contributed by atoms with Crippen LogP contribution in [0.5, 0.6) is 0 Å². The van der Waals surface area contributed by atoms with Gasteiger partial charge in [0.2, 0.25) is 0 Å². The third-order valence-corrected chi connectivity index (χ3v) is 4.22. The molecule has 21 heavy (non-hydrogen) atoms. The fourth-order valence-corrected chi connectivity index (χ4v) is 2.91. The molecule has 0 saturated heterocycles. The molecule has 108 valence electrons. The van der Waals surface area contributed by atoms with Crippen molar-refractivity contribution < 1.29 is 5.11 Å². The lowest BCUT2D eigenvalue weighted by atomic mass is 9.99. The number of allylic oxidation sites excluding steroid dienone is 1. The first-order valence-corrected chi connectivity index (χ1v) is 7.81. The maximum Gasteiger partial charge on any atom is 0.0546 e. The van der Waals surface area contributed by atoms with Gasteiger partial charge in [0.1, 0.15) is 0 Å². The third-order valence-electron chi connectivity index (χ3n) is 4.22. The van der Waals surface area contributed by atoms with E-state index in [0.29, 0.717) is 0 Å². The van der Waals surface area contributed by atoms with E-state index >= 15 is 0 Å². The third kappa shape index (κ3) is 3.83. The van der Waals surface area contributed by atoms with Gasteiger partial charge in [-0.1, -0.05) is 60.7 Å². The Labute approximate surface area is 127 Å². The van der Waals surface area contributed by atoms with Crippen molar-refractivity contribution in [1.82, 2.24) is 0 Å². The Morgan fingerprint density at radius 1 is 0.905 bits per heavy atom. The smallest absolute Gasteiger partial charge is 0.0546 e. The summed E-state index contributed by atoms with van der Waals surface area (Å²) in [6.07, 6.45) is 8.85. The summed E-state index contributed by atoms with van der Waals surface area (Å²) in [7, 11) is 0. The van der Waals surface area contributed by atoms with Crippen LogP contribution >= 0.6 is 0 Å². The van der Waals surface area contributed by atoms with Crippen molar-refractivity contribution >= 4 is 6.08 Å². The fourth-order valence-electron chi connectivity index (χ4n) is 2.91. The van der Waals surface area contributed by atoms with Crippen molar-refractivity contribution in [2.75, 3.05) is 0 Å². The van der Waals surface area contributed by atoms with Crippen LogP contribution in [0.25, 0.3) is 6.08 Å². The molecule has 1 aliphatic rings. The van der Waals surface area contributed by atoms with Crippen LogP contribution in [0, 0.1) is 0 Å². The molecule has 1 atom stereocenters. The molecule has 0 heterocycles. The molecule has 0 radical (unpaired) electrons. The molecular formula is C20H22O. The van der Waals surface area contributed by atoms with Gasteiger partial charge >= 0.3 is 0 Å². The first-order valence-electron chi connectivity index (χ1n) is 7.81. The van der Waals surface area contributed by atoms with E-state index in [-0.39, 0.29) is 6.10 Å². The van der Waals surface area contributed by atoms with Crippen molar-refractivity contribution in [1.29, 1.82) is 0 Å². The van der Waals surface area contributed by atoms with Gasteiger partial charge in [0, 0.05) is 0 Å². The minimum absolute atomic E-state index is 0.214. The number of hydrogen-bond donors (Lipinski definition) is 1. The summed E-state index contributed by atoms with van der Waals surface area (Å²) in [5.41, 5.74) is 5.41. The first-order chi connectivity index (χ1) is 10.3. The maximum atomic E-state index is 10.2. The van der Waals surface area contributed by atoms with E-state index in [2.05, 4.69) is 54.6 Å². The van der Waals surface area contributed by atoms with Crippen LogP contribution in [0.4, 0.5) is 0 Å². The summed E-state index contributed by atoms with van der Waals surface area (Å²) in [5, 5.41) is 10.2. The molecule has 0 spiro atoms. The Balaban J connectivity index is 1.47. The zero-order valence-corrected chi connectivity index (χ0v) is 12.3. The fraction of sp³-hybridized carbons (Fsp3) is 0.300. The SMILES string of the molecule is OC(CCc1ccccc1)CCc1ccc2c(c1)C=CC2. The van der Waals surface area contributed by atoms with Crippen molar-refractivity contribution in [2.24, 2.45) is 0 Å². The van der Waals surface area contributed by atoms with E-state index < -0.39 is 0 Å². The van der Waals surface area contributed by atoms with Crippen LogP contribution in [-0.4, -0.2) is 11.2 Å². The number of benzene rings is 2. The lowest BCUT2D eigenvalue weighted by Crippen LogP contribution is -2.09. The van der Waals surface area contributed by atoms with E-state index in [1.54, 1.807) is 0 Å². The summed E-state index contributed by atoms with van der Waals surface area (Å²) < 4.78 is 0. The first kappa shape index (κ1) is 14.1. The molecule has 0 saturated carbocycles. The minimum Gasteiger partial charge on any atom is -0.393 e. The zero-order valence-electron chi connectivity index (χ0n) is 12.3. The van der Waals surface area contributed by atoms with Gasteiger partial charge in [0.15, 0.2) is 0 Å². The van der Waals surface area contributed by atoms with Gasteiger partial charge in [0.05, 0.1) is 6.10 Å². The summed E-state index contributed by atoms with van der Waals surface area (Å²) >= 11 is 0. The second kappa shape index (κ2) is 6.73. The molecule has 0 fully saturated rings. The van der Waals surface area contributed by atoms with Gasteiger partial charge in [-0.3, -0.25) is 0 Å². The number of aliphatic hydroxyl groups excluding tert-OH is 1. The highest BCUT2D eigenvalue weighted by molar-refractivity contribution is 5.60. The second-order valence-corrected chi connectivity index (χ2v) is 5.86. The lowest BCUT2D eigenvalue weighted by molar-refractivity contribution is 0.155. The highest BCUT2D eigenvalue weighted by Gasteiger charge is 2.08. The quantitative estimate of drug-likeness (QED) is 0.840. The molecule has 0 amide bonds. The van der Waals surface area contributed by atoms with E-state index in [0.717, 1.165) is 32.1 Å². The molecule has 1 aliphatic carbocycles. The average Bonchev–Trinajstić information content (AvgIpc) is 2.99. The van der Waals surface area contributed by atoms with Crippen LogP contribution in [-0.2, 0) is 19.3 Å². The predicted molar refractivity (Wildman–Crippen MR) is 88.3 cm³/mol. The standard InChI is InChI=1S/C20H22O/c21-20(13-10-16-5-2-1-3-6-16)14-11-17-9-12-18-7-4-8-19(18)15-17/h1-6,8-9,12,15,20-21H,7,10-11,13-14H2. The van der Waals surface area contributed by atoms with Gasteiger partial charge < -0.3 is 5.11 Å². The zero-order chi connectivity index (χ0) is 14.5. The Kier molecular flexibility index (Phi) is 4.52. The van der Waals surface area contributed by atoms with E-state index in [9.17, 15) is 5.11 Å². The van der Waals surface area contributed by atoms with Gasteiger partial charge in [-0.25, -0.2) is 0 Å². The highest BCUT2D eigenvalue weighted by atomic mass is 16.3. The van der Waals surface area contributed by atoms with Crippen LogP contribution in [0.3, 0.4) is 0 Å². The van der Waals surface area contributed by atoms with E-state index in [1.807, 2.05) is 6.07 Å². The van der Waals surface area contributed by atoms with Crippen LogP contribution < -0.4 is 0 Å². The van der Waals surface area contributed by atoms with Gasteiger partial charge in [-0.05, 0) is 54.4 Å². The minimum atomic E-state index is -0.214. The van der Waals surface area contributed by atoms with Crippen LogP contribution in [0.1, 0.15) is 35.1 Å². The normalized spacial score (nSPS) is 14.1. The summed E-state index contributed by atoms with van der Waals surface area (Å²) in [5.74, 6) is 0. The molecule has 3 rings (SSSR count). The van der Waals surface area contributed by atoms with Crippen LogP contribution in [0.2, 0.25) is 0 Å². The Morgan fingerprint density at radius 3 is 2.48 bits per heavy atom. The number of fused-ring (bicyclic) bond motifs is 1. The van der Waals surface area contributed by atoms with Gasteiger partial charge in [-0.15, -0.1) is 0 Å². The van der Waals surface area contributed by atoms with E-state index in [4.69, 9.17) is 0 Å². The van der Waals surface area contributed by atoms with Crippen LogP contribution in [0.15, 0.2) is 54.6 Å². The van der Waals surface area contributed by atoms with E-state index in [1.165, 1.54) is 22.3 Å². The average molecular weight is 278 g/mol. The summed E-state index contributed by atoms with van der Waals surface area (Å²) in [6.45, 7) is 0. The second-order valence-electron chi connectivity index (χ2n) is 5.86. The molecule has 1 heteroatoms. The van der Waals surface area contributed by atoms with Crippen molar-refractivity contribution in [3.05, 3.63) is 76.9 Å². The summed E-state index contributed by atoms with van der Waals surface area (Å²) in [6, 6.07) is 17.1. The number of aryl methyl sites for hydroxylation is 2. The van der Waals surface area contributed by atoms with Gasteiger partial charge in [-0.2, -0.15) is 0 Å². The van der Waals surface area contributed by atoms with Crippen molar-refractivity contribution in [2.45, 2.75) is 38.2 Å². The maximum absolute atomic E-state index is 10.2. The number of rotatable bonds is 6. The molecule has 2 aromatic carbocycles. The largest absolute Gasteiger partial charge is 0.393 e. The van der Waals surface area contributed by atoms with Crippen molar-refractivity contribution in [3.8, 4) is 0 Å². The molecule has 0 aromatic heterocycles. The van der Waals surface area contributed by atoms with Gasteiger partial charge in [0.25, 0.3) is 0 Å². The Hall–Kier alpha value is -1.86. The molecule has 1 N–H and O–H groups in total. The van der Waals surface area contributed by atoms with Crippen molar-refractivity contribution in [3.63, 3.8) is 0 Å². The topological polar surface area (TPSA) is 20.2 Å². The molecular weight excluding hydrogens is 256 g/mol. The molecule has 1 unspecified atom stereocenters. The molecule has 0 bridgehead atoms. The molecule has 2 aromatic rings. The Bertz CT molecular complexity index is 613. The lowest BCUT2D eigenvalue weighted by Gasteiger charge is -2.11. The molecule has 0 aliphatic heterocycles. The summed E-state index contributed by atoms with van der Waals surface area (Å²) in [4.78, 5) is 0. The highest BCUT2D eigenvalue weighted by Crippen LogP contribution is 2.21. The predicted octanol–water partition coefficient (Wildman–Crippen LogP) is 4.18.